The number of ether oxygens (including phenoxy) is 1. The van der Waals surface area contributed by atoms with Crippen LogP contribution in [0.4, 0.5) is 0 Å². The molecule has 3 aromatic rings. The Morgan fingerprint density at radius 2 is 2.00 bits per heavy atom. The van der Waals surface area contributed by atoms with E-state index >= 15 is 0 Å². The number of nitrogens with zero attached hydrogens (tertiary/aromatic N) is 1. The van der Waals surface area contributed by atoms with Crippen molar-refractivity contribution in [1.29, 1.82) is 0 Å². The van der Waals surface area contributed by atoms with Crippen molar-refractivity contribution in [3.63, 3.8) is 0 Å². The summed E-state index contributed by atoms with van der Waals surface area (Å²) < 4.78 is 6.21. The molecule has 198 valence electrons. The van der Waals surface area contributed by atoms with E-state index in [9.17, 15) is 9.59 Å². The second kappa shape index (κ2) is 10.3. The number of Topliss-reactive ketones (excluding diaryl/α,β-unsaturated/α-hetero) is 1. The number of unbranched alkanes of at least 4 members (excludes halogenated alkanes) is 1. The summed E-state index contributed by atoms with van der Waals surface area (Å²) >= 11 is 0. The van der Waals surface area contributed by atoms with E-state index in [4.69, 9.17) is 9.72 Å². The Balaban J connectivity index is 1.37. The first-order valence-corrected chi connectivity index (χ1v) is 13.7. The van der Waals surface area contributed by atoms with E-state index in [1.54, 1.807) is 0 Å². The second-order valence-corrected chi connectivity index (χ2v) is 11.5. The topological polar surface area (TPSA) is 112 Å². The lowest BCUT2D eigenvalue weighted by Crippen LogP contribution is -2.34. The van der Waals surface area contributed by atoms with Gasteiger partial charge in [-0.15, -0.1) is 0 Å². The number of imidazole rings is 1. The molecule has 1 amide bonds. The molecule has 37 heavy (non-hydrogen) atoms. The first kappa shape index (κ1) is 25.5. The third-order valence-electron chi connectivity index (χ3n) is 7.67. The molecular weight excluding hydrogens is 466 g/mol. The standard InChI is InChI=1S/C29H39N5O3/c1-5-6-7-21(34-28(36)26-17(2)25-23(31-26)15-29(3,4)16-24(25)35)27-32-20-9-8-19(14-22(20)33-27)37-18-10-12-30-13-11-18/h8-9,14,18,21,30-31H,5-7,10-13,15-16H2,1-4H3,(H,32,33)(H,34,36). The maximum atomic E-state index is 13.5. The van der Waals surface area contributed by atoms with Crippen molar-refractivity contribution in [3.05, 3.63) is 46.5 Å². The van der Waals surface area contributed by atoms with Crippen LogP contribution in [0, 0.1) is 12.3 Å². The van der Waals surface area contributed by atoms with Crippen LogP contribution in [-0.2, 0) is 6.42 Å². The molecule has 8 nitrogen and oxygen atoms in total. The van der Waals surface area contributed by atoms with Crippen molar-refractivity contribution >= 4 is 22.7 Å². The summed E-state index contributed by atoms with van der Waals surface area (Å²) in [5.41, 5.74) is 4.43. The Kier molecular flexibility index (Phi) is 7.12. The molecule has 1 unspecified atom stereocenters. The lowest BCUT2D eigenvalue weighted by atomic mass is 9.75. The number of carbonyl (C=O) groups excluding carboxylic acids is 2. The highest BCUT2D eigenvalue weighted by Crippen LogP contribution is 2.37. The van der Waals surface area contributed by atoms with Crippen molar-refractivity contribution in [2.75, 3.05) is 13.1 Å². The van der Waals surface area contributed by atoms with Gasteiger partial charge in [0, 0.05) is 23.7 Å². The van der Waals surface area contributed by atoms with Gasteiger partial charge in [0.25, 0.3) is 5.91 Å². The van der Waals surface area contributed by atoms with Gasteiger partial charge in [-0.2, -0.15) is 0 Å². The van der Waals surface area contributed by atoms with Gasteiger partial charge in [0.1, 0.15) is 23.4 Å². The average molecular weight is 506 g/mol. The van der Waals surface area contributed by atoms with Crippen LogP contribution in [0.1, 0.15) is 103 Å². The molecule has 8 heteroatoms. The predicted molar refractivity (Wildman–Crippen MR) is 144 cm³/mol. The molecule has 1 saturated heterocycles. The quantitative estimate of drug-likeness (QED) is 0.338. The van der Waals surface area contributed by atoms with E-state index in [0.29, 0.717) is 17.7 Å². The van der Waals surface area contributed by atoms with Gasteiger partial charge in [-0.1, -0.05) is 33.6 Å². The minimum atomic E-state index is -0.263. The van der Waals surface area contributed by atoms with Crippen LogP contribution in [0.3, 0.4) is 0 Å². The van der Waals surface area contributed by atoms with E-state index in [1.165, 1.54) is 0 Å². The largest absolute Gasteiger partial charge is 0.490 e. The van der Waals surface area contributed by atoms with E-state index in [-0.39, 0.29) is 29.3 Å². The monoisotopic (exact) mass is 505 g/mol. The molecule has 1 aliphatic carbocycles. The van der Waals surface area contributed by atoms with E-state index in [2.05, 4.69) is 41.4 Å². The van der Waals surface area contributed by atoms with Gasteiger partial charge in [-0.3, -0.25) is 9.59 Å². The van der Waals surface area contributed by atoms with Crippen LogP contribution < -0.4 is 15.4 Å². The zero-order chi connectivity index (χ0) is 26.2. The van der Waals surface area contributed by atoms with Gasteiger partial charge in [0.15, 0.2) is 5.78 Å². The van der Waals surface area contributed by atoms with Crippen molar-refractivity contribution in [3.8, 4) is 5.75 Å². The third kappa shape index (κ3) is 5.44. The number of carbonyl (C=O) groups is 2. The van der Waals surface area contributed by atoms with Crippen molar-refractivity contribution in [2.45, 2.75) is 84.8 Å². The maximum Gasteiger partial charge on any atom is 0.268 e. The molecule has 0 radical (unpaired) electrons. The number of nitrogens with one attached hydrogen (secondary N) is 4. The van der Waals surface area contributed by atoms with Crippen molar-refractivity contribution < 1.29 is 14.3 Å². The zero-order valence-corrected chi connectivity index (χ0v) is 22.4. The Labute approximate surface area is 218 Å². The Bertz CT molecular complexity index is 1300. The van der Waals surface area contributed by atoms with Crippen LogP contribution in [0.5, 0.6) is 5.75 Å². The minimum Gasteiger partial charge on any atom is -0.490 e. The SMILES string of the molecule is CCCCC(NC(=O)c1[nH]c2c(c1C)C(=O)CC(C)(C)C2)c1nc2ccc(OC3CCNCC3)cc2[nH]1. The molecule has 0 spiro atoms. The summed E-state index contributed by atoms with van der Waals surface area (Å²) in [5.74, 6) is 1.49. The van der Waals surface area contributed by atoms with Crippen molar-refractivity contribution in [2.24, 2.45) is 5.41 Å². The summed E-state index contributed by atoms with van der Waals surface area (Å²) in [5, 5.41) is 6.56. The van der Waals surface area contributed by atoms with Gasteiger partial charge in [-0.05, 0) is 68.8 Å². The Hall–Kier alpha value is -3.13. The first-order valence-electron chi connectivity index (χ1n) is 13.7. The Morgan fingerprint density at radius 1 is 1.22 bits per heavy atom. The molecule has 4 N–H and O–H groups in total. The zero-order valence-electron chi connectivity index (χ0n) is 22.4. The van der Waals surface area contributed by atoms with Crippen LogP contribution >= 0.6 is 0 Å². The molecule has 3 heterocycles. The summed E-state index contributed by atoms with van der Waals surface area (Å²) in [7, 11) is 0. The number of aromatic amines is 2. The molecule has 1 atom stereocenters. The molecule has 1 aromatic carbocycles. The lowest BCUT2D eigenvalue weighted by molar-refractivity contribution is 0.0908. The maximum absolute atomic E-state index is 13.5. The molecule has 2 aliphatic rings. The molecule has 0 saturated carbocycles. The fourth-order valence-electron chi connectivity index (χ4n) is 5.73. The molecule has 1 aliphatic heterocycles. The number of benzene rings is 1. The smallest absolute Gasteiger partial charge is 0.268 e. The summed E-state index contributed by atoms with van der Waals surface area (Å²) in [6.07, 6.45) is 6.23. The van der Waals surface area contributed by atoms with Crippen molar-refractivity contribution in [1.82, 2.24) is 25.6 Å². The number of fused-ring (bicyclic) bond motifs is 2. The molecular formula is C29H39N5O3. The van der Waals surface area contributed by atoms with Gasteiger partial charge in [-0.25, -0.2) is 4.98 Å². The number of amides is 1. The lowest BCUT2D eigenvalue weighted by Gasteiger charge is -2.28. The van der Waals surface area contributed by atoms with Crippen LogP contribution in [0.2, 0.25) is 0 Å². The summed E-state index contributed by atoms with van der Waals surface area (Å²) in [6, 6.07) is 5.69. The predicted octanol–water partition coefficient (Wildman–Crippen LogP) is 5.15. The van der Waals surface area contributed by atoms with E-state index in [1.807, 2.05) is 25.1 Å². The molecule has 2 aromatic heterocycles. The van der Waals surface area contributed by atoms with Gasteiger partial charge < -0.3 is 25.3 Å². The normalized spacial score (nSPS) is 18.5. The van der Waals surface area contributed by atoms with Crippen LogP contribution in [-0.4, -0.2) is 45.8 Å². The summed E-state index contributed by atoms with van der Waals surface area (Å²) in [6.45, 7) is 10.2. The first-order chi connectivity index (χ1) is 17.7. The number of hydrogen-bond acceptors (Lipinski definition) is 5. The highest BCUT2D eigenvalue weighted by Gasteiger charge is 2.35. The number of hydrogen-bond donors (Lipinski definition) is 4. The highest BCUT2D eigenvalue weighted by atomic mass is 16.5. The molecule has 1 fully saturated rings. The van der Waals surface area contributed by atoms with E-state index in [0.717, 1.165) is 85.5 Å². The minimum absolute atomic E-state index is 0.108. The number of H-pyrrole nitrogens is 2. The molecule has 5 rings (SSSR count). The molecule has 0 bridgehead atoms. The highest BCUT2D eigenvalue weighted by molar-refractivity contribution is 6.04. The van der Waals surface area contributed by atoms with Crippen LogP contribution in [0.15, 0.2) is 18.2 Å². The number of rotatable bonds is 8. The number of piperidine rings is 1. The average Bonchev–Trinajstić information content (AvgIpc) is 3.42. The van der Waals surface area contributed by atoms with Crippen LogP contribution in [0.25, 0.3) is 11.0 Å². The fourth-order valence-corrected chi connectivity index (χ4v) is 5.73. The number of ketones is 1. The fraction of sp³-hybridized carbons (Fsp3) is 0.552. The summed E-state index contributed by atoms with van der Waals surface area (Å²) in [4.78, 5) is 37.8. The van der Waals surface area contributed by atoms with Gasteiger partial charge in [0.05, 0.1) is 17.1 Å². The van der Waals surface area contributed by atoms with E-state index < -0.39 is 0 Å². The van der Waals surface area contributed by atoms with Gasteiger partial charge >= 0.3 is 0 Å². The number of aromatic nitrogens is 3. The van der Waals surface area contributed by atoms with Gasteiger partial charge in [0.2, 0.25) is 0 Å². The Morgan fingerprint density at radius 3 is 2.76 bits per heavy atom. The third-order valence-corrected chi connectivity index (χ3v) is 7.67. The second-order valence-electron chi connectivity index (χ2n) is 11.5.